The summed E-state index contributed by atoms with van der Waals surface area (Å²) < 4.78 is 2.71. The molecule has 0 bridgehead atoms. The minimum absolute atomic E-state index is 0.0358. The first kappa shape index (κ1) is 31.8. The Morgan fingerprint density at radius 1 is 0.357 bits per heavy atom. The lowest BCUT2D eigenvalue weighted by Crippen LogP contribution is -2.14. The standard InChI is InChI=1S/C55H36S/c1-55(2)46-22-12-11-21-44(46)52-47(55)29-30-48-53(52)45-32-37-15-5-6-16-39(37)51(54(45)56-48)35-26-24-34(25-27-35)49-40-17-7-9-19-42(40)50(43-20-10-8-18-41(43)49)38-28-23-33-13-3-4-14-36(33)31-38/h3-32H,1-2H3. The van der Waals surface area contributed by atoms with Crippen molar-refractivity contribution < 1.29 is 0 Å². The van der Waals surface area contributed by atoms with Crippen molar-refractivity contribution in [1.29, 1.82) is 0 Å². The Balaban J connectivity index is 1.08. The maximum absolute atomic E-state index is 2.45. The molecule has 1 aliphatic rings. The maximum atomic E-state index is 2.45. The molecule has 0 N–H and O–H groups in total. The molecule has 0 fully saturated rings. The number of hydrogen-bond donors (Lipinski definition) is 0. The van der Waals surface area contributed by atoms with Crippen LogP contribution in [0.15, 0.2) is 182 Å². The van der Waals surface area contributed by atoms with Gasteiger partial charge in [0, 0.05) is 31.2 Å². The highest BCUT2D eigenvalue weighted by Crippen LogP contribution is 2.55. The molecule has 0 aliphatic heterocycles. The van der Waals surface area contributed by atoms with Gasteiger partial charge in [0.1, 0.15) is 0 Å². The van der Waals surface area contributed by atoms with Crippen LogP contribution in [0.1, 0.15) is 25.0 Å². The van der Waals surface area contributed by atoms with Crippen LogP contribution in [0.25, 0.3) is 108 Å². The van der Waals surface area contributed by atoms with Gasteiger partial charge in [0.25, 0.3) is 0 Å². The Morgan fingerprint density at radius 2 is 0.893 bits per heavy atom. The molecule has 1 aromatic heterocycles. The average Bonchev–Trinajstić information content (AvgIpc) is 3.73. The van der Waals surface area contributed by atoms with Crippen LogP contribution in [0.4, 0.5) is 0 Å². The summed E-state index contributed by atoms with van der Waals surface area (Å²) in [7, 11) is 0. The molecule has 12 rings (SSSR count). The van der Waals surface area contributed by atoms with Crippen molar-refractivity contribution in [3.8, 4) is 44.5 Å². The normalized spacial score (nSPS) is 13.3. The smallest absolute Gasteiger partial charge is 0.0440 e. The summed E-state index contributed by atoms with van der Waals surface area (Å²) in [6, 6.07) is 68.1. The Hall–Kier alpha value is -6.54. The summed E-state index contributed by atoms with van der Waals surface area (Å²) in [5.74, 6) is 0. The van der Waals surface area contributed by atoms with Gasteiger partial charge in [-0.3, -0.25) is 0 Å². The van der Waals surface area contributed by atoms with E-state index in [1.807, 2.05) is 11.3 Å². The summed E-state index contributed by atoms with van der Waals surface area (Å²) in [5.41, 5.74) is 13.2. The van der Waals surface area contributed by atoms with E-state index in [1.54, 1.807) is 0 Å². The summed E-state index contributed by atoms with van der Waals surface area (Å²) in [6.45, 7) is 4.76. The van der Waals surface area contributed by atoms with E-state index in [-0.39, 0.29) is 5.41 Å². The van der Waals surface area contributed by atoms with E-state index in [0.29, 0.717) is 0 Å². The lowest BCUT2D eigenvalue weighted by Gasteiger charge is -2.21. The van der Waals surface area contributed by atoms with E-state index in [0.717, 1.165) is 0 Å². The molecule has 0 nitrogen and oxygen atoms in total. The Bertz CT molecular complexity index is 3370. The number of rotatable bonds is 3. The van der Waals surface area contributed by atoms with Crippen LogP contribution in [0, 0.1) is 0 Å². The quantitative estimate of drug-likeness (QED) is 0.159. The van der Waals surface area contributed by atoms with Crippen LogP contribution in [0.5, 0.6) is 0 Å². The molecule has 1 aliphatic carbocycles. The lowest BCUT2D eigenvalue weighted by atomic mass is 9.82. The van der Waals surface area contributed by atoms with Crippen LogP contribution in [0.3, 0.4) is 0 Å². The van der Waals surface area contributed by atoms with E-state index in [1.165, 1.54) is 119 Å². The van der Waals surface area contributed by atoms with Crippen LogP contribution in [-0.4, -0.2) is 0 Å². The third-order valence-corrected chi connectivity index (χ3v) is 13.8. The Labute approximate surface area is 329 Å². The predicted molar refractivity (Wildman–Crippen MR) is 243 cm³/mol. The van der Waals surface area contributed by atoms with Crippen molar-refractivity contribution in [2.45, 2.75) is 19.3 Å². The summed E-state index contributed by atoms with van der Waals surface area (Å²) in [4.78, 5) is 0. The van der Waals surface area contributed by atoms with Gasteiger partial charge in [0.2, 0.25) is 0 Å². The molecule has 0 saturated heterocycles. The van der Waals surface area contributed by atoms with Crippen LogP contribution < -0.4 is 0 Å². The molecule has 0 atom stereocenters. The van der Waals surface area contributed by atoms with Gasteiger partial charge in [-0.05, 0) is 111 Å². The van der Waals surface area contributed by atoms with Crippen LogP contribution in [0.2, 0.25) is 0 Å². The summed E-state index contributed by atoms with van der Waals surface area (Å²) >= 11 is 1.94. The third kappa shape index (κ3) is 4.41. The number of hydrogen-bond acceptors (Lipinski definition) is 1. The predicted octanol–water partition coefficient (Wildman–Crippen LogP) is 16.0. The molecule has 1 heterocycles. The van der Waals surface area contributed by atoms with Gasteiger partial charge in [0.15, 0.2) is 0 Å². The molecule has 262 valence electrons. The number of thiophene rings is 1. The third-order valence-electron chi connectivity index (χ3n) is 12.6. The van der Waals surface area contributed by atoms with Crippen LogP contribution >= 0.6 is 11.3 Å². The van der Waals surface area contributed by atoms with Crippen molar-refractivity contribution in [3.05, 3.63) is 193 Å². The van der Waals surface area contributed by atoms with Crippen molar-refractivity contribution in [2.75, 3.05) is 0 Å². The van der Waals surface area contributed by atoms with Gasteiger partial charge >= 0.3 is 0 Å². The fourth-order valence-corrected chi connectivity index (χ4v) is 11.3. The van der Waals surface area contributed by atoms with Gasteiger partial charge < -0.3 is 0 Å². The molecule has 0 unspecified atom stereocenters. The van der Waals surface area contributed by atoms with Gasteiger partial charge in [0.05, 0.1) is 0 Å². The second-order valence-electron chi connectivity index (χ2n) is 16.0. The zero-order valence-corrected chi connectivity index (χ0v) is 32.0. The van der Waals surface area contributed by atoms with E-state index in [9.17, 15) is 0 Å². The monoisotopic (exact) mass is 728 g/mol. The molecule has 0 saturated carbocycles. The largest absolute Gasteiger partial charge is 0.134 e. The zero-order chi connectivity index (χ0) is 37.1. The molecule has 0 amide bonds. The SMILES string of the molecule is CC1(C)c2ccccc2-c2c1ccc1sc3c(-c4ccc(-c5c6ccccc6c(-c6ccc7ccccc7c6)c6ccccc56)cc4)c4ccccc4cc3c21. The second-order valence-corrected chi connectivity index (χ2v) is 17.0. The molecule has 10 aromatic carbocycles. The van der Waals surface area contributed by atoms with Gasteiger partial charge in [-0.25, -0.2) is 0 Å². The first-order chi connectivity index (χ1) is 27.5. The molecular formula is C55H36S. The zero-order valence-electron chi connectivity index (χ0n) is 31.2. The van der Waals surface area contributed by atoms with Crippen LogP contribution in [-0.2, 0) is 5.41 Å². The minimum atomic E-state index is -0.0358. The Kier molecular flexibility index (Phi) is 6.66. The van der Waals surface area contributed by atoms with Gasteiger partial charge in [-0.2, -0.15) is 0 Å². The fourth-order valence-electron chi connectivity index (χ4n) is 10.0. The minimum Gasteiger partial charge on any atom is -0.134 e. The molecule has 56 heavy (non-hydrogen) atoms. The van der Waals surface area contributed by atoms with E-state index in [2.05, 4.69) is 196 Å². The van der Waals surface area contributed by atoms with Crippen molar-refractivity contribution in [1.82, 2.24) is 0 Å². The van der Waals surface area contributed by atoms with Gasteiger partial charge in [-0.15, -0.1) is 11.3 Å². The van der Waals surface area contributed by atoms with Gasteiger partial charge in [-0.1, -0.05) is 178 Å². The lowest BCUT2D eigenvalue weighted by molar-refractivity contribution is 0.661. The van der Waals surface area contributed by atoms with E-state index >= 15 is 0 Å². The molecule has 0 radical (unpaired) electrons. The number of fused-ring (bicyclic) bond motifs is 11. The fraction of sp³-hybridized carbons (Fsp3) is 0.0545. The topological polar surface area (TPSA) is 0 Å². The van der Waals surface area contributed by atoms with E-state index in [4.69, 9.17) is 0 Å². The highest BCUT2D eigenvalue weighted by molar-refractivity contribution is 7.26. The average molecular weight is 729 g/mol. The van der Waals surface area contributed by atoms with Crippen molar-refractivity contribution in [3.63, 3.8) is 0 Å². The molecular weight excluding hydrogens is 693 g/mol. The number of benzene rings is 10. The van der Waals surface area contributed by atoms with Crippen molar-refractivity contribution >= 4 is 74.6 Å². The maximum Gasteiger partial charge on any atom is 0.0440 e. The highest BCUT2D eigenvalue weighted by atomic mass is 32.1. The Morgan fingerprint density at radius 3 is 1.59 bits per heavy atom. The second kappa shape index (κ2) is 11.7. The van der Waals surface area contributed by atoms with Crippen molar-refractivity contribution in [2.24, 2.45) is 0 Å². The summed E-state index contributed by atoms with van der Waals surface area (Å²) in [6.07, 6.45) is 0. The summed E-state index contributed by atoms with van der Waals surface area (Å²) in [5, 5.41) is 13.0. The molecule has 11 aromatic rings. The highest BCUT2D eigenvalue weighted by Gasteiger charge is 2.37. The first-order valence-corrected chi connectivity index (χ1v) is 20.4. The first-order valence-electron chi connectivity index (χ1n) is 19.6. The molecule has 1 heteroatoms. The van der Waals surface area contributed by atoms with E-state index < -0.39 is 0 Å². The molecule has 0 spiro atoms.